The van der Waals surface area contributed by atoms with Crippen molar-refractivity contribution in [3.63, 3.8) is 0 Å². The quantitative estimate of drug-likeness (QED) is 0.850. The summed E-state index contributed by atoms with van der Waals surface area (Å²) in [5.74, 6) is 0. The predicted octanol–water partition coefficient (Wildman–Crippen LogP) is 1.98. The smallest absolute Gasteiger partial charge is 0.0711 e. The van der Waals surface area contributed by atoms with Gasteiger partial charge in [0.15, 0.2) is 0 Å². The third kappa shape index (κ3) is 2.14. The van der Waals surface area contributed by atoms with Crippen molar-refractivity contribution in [3.8, 4) is 11.3 Å². The summed E-state index contributed by atoms with van der Waals surface area (Å²) in [6.07, 6.45) is 2.77. The molecule has 1 heterocycles. The molecular weight excluding hydrogens is 198 g/mol. The van der Waals surface area contributed by atoms with E-state index in [2.05, 4.69) is 17.2 Å². The summed E-state index contributed by atoms with van der Waals surface area (Å²) in [6, 6.07) is 10.5. The number of nitrogens with two attached hydrogens (primary N) is 1. The van der Waals surface area contributed by atoms with E-state index >= 15 is 0 Å². The fourth-order valence-electron chi connectivity index (χ4n) is 1.95. The lowest BCUT2D eigenvalue weighted by molar-refractivity contribution is 0.737. The highest BCUT2D eigenvalue weighted by atomic mass is 15.3. The average Bonchev–Trinajstić information content (AvgIpc) is 2.60. The molecule has 0 saturated heterocycles. The molecule has 0 amide bonds. The van der Waals surface area contributed by atoms with Gasteiger partial charge in [0.05, 0.1) is 11.9 Å². The fourth-order valence-corrected chi connectivity index (χ4v) is 1.95. The monoisotopic (exact) mass is 215 g/mol. The van der Waals surface area contributed by atoms with Crippen LogP contribution < -0.4 is 5.73 Å². The van der Waals surface area contributed by atoms with Gasteiger partial charge in [-0.3, -0.25) is 4.68 Å². The summed E-state index contributed by atoms with van der Waals surface area (Å²) in [6.45, 7) is 2.02. The van der Waals surface area contributed by atoms with Crippen LogP contribution in [0.2, 0.25) is 0 Å². The van der Waals surface area contributed by atoms with Gasteiger partial charge in [-0.25, -0.2) is 0 Å². The molecule has 1 unspecified atom stereocenters. The molecule has 3 nitrogen and oxygen atoms in total. The van der Waals surface area contributed by atoms with Crippen LogP contribution in [0.3, 0.4) is 0 Å². The first kappa shape index (κ1) is 10.9. The molecule has 0 aliphatic rings. The lowest BCUT2D eigenvalue weighted by atomic mass is 10.0. The predicted molar refractivity (Wildman–Crippen MR) is 66.0 cm³/mol. The molecule has 1 atom stereocenters. The summed E-state index contributed by atoms with van der Waals surface area (Å²) in [5.41, 5.74) is 9.41. The van der Waals surface area contributed by atoms with E-state index in [4.69, 9.17) is 5.73 Å². The Kier molecular flexibility index (Phi) is 3.06. The molecule has 0 fully saturated rings. The van der Waals surface area contributed by atoms with Gasteiger partial charge < -0.3 is 5.73 Å². The second-order valence-corrected chi connectivity index (χ2v) is 4.19. The molecule has 0 aliphatic carbocycles. The zero-order chi connectivity index (χ0) is 11.5. The Morgan fingerprint density at radius 2 is 2.00 bits per heavy atom. The van der Waals surface area contributed by atoms with Crippen molar-refractivity contribution in [2.45, 2.75) is 19.4 Å². The third-order valence-electron chi connectivity index (χ3n) is 2.60. The summed E-state index contributed by atoms with van der Waals surface area (Å²) < 4.78 is 1.91. The molecule has 1 aromatic heterocycles. The van der Waals surface area contributed by atoms with Crippen LogP contribution in [0.25, 0.3) is 11.3 Å². The highest BCUT2D eigenvalue weighted by Gasteiger charge is 2.11. The average molecular weight is 215 g/mol. The molecule has 1 aromatic carbocycles. The normalized spacial score (nSPS) is 12.7. The van der Waals surface area contributed by atoms with Crippen LogP contribution in [-0.2, 0) is 13.5 Å². The molecule has 0 aliphatic heterocycles. The van der Waals surface area contributed by atoms with E-state index in [1.807, 2.05) is 43.0 Å². The Morgan fingerprint density at radius 3 is 2.62 bits per heavy atom. The van der Waals surface area contributed by atoms with Gasteiger partial charge >= 0.3 is 0 Å². The summed E-state index contributed by atoms with van der Waals surface area (Å²) in [4.78, 5) is 0. The number of hydrogen-bond donors (Lipinski definition) is 1. The number of aromatic nitrogens is 2. The van der Waals surface area contributed by atoms with Gasteiger partial charge in [-0.05, 0) is 18.9 Å². The van der Waals surface area contributed by atoms with Crippen LogP contribution in [0.4, 0.5) is 0 Å². The molecule has 84 valence electrons. The van der Waals surface area contributed by atoms with E-state index in [9.17, 15) is 0 Å². The van der Waals surface area contributed by atoms with Crippen molar-refractivity contribution in [2.24, 2.45) is 12.8 Å². The highest BCUT2D eigenvalue weighted by molar-refractivity contribution is 5.63. The van der Waals surface area contributed by atoms with Gasteiger partial charge in [0.1, 0.15) is 0 Å². The lowest BCUT2D eigenvalue weighted by Gasteiger charge is -2.08. The summed E-state index contributed by atoms with van der Waals surface area (Å²) in [5, 5.41) is 4.31. The second-order valence-electron chi connectivity index (χ2n) is 4.19. The number of rotatable bonds is 3. The fraction of sp³-hybridized carbons (Fsp3) is 0.308. The molecule has 16 heavy (non-hydrogen) atoms. The van der Waals surface area contributed by atoms with Crippen molar-refractivity contribution in [1.29, 1.82) is 0 Å². The van der Waals surface area contributed by atoms with E-state index in [0.29, 0.717) is 0 Å². The van der Waals surface area contributed by atoms with Crippen LogP contribution in [0, 0.1) is 0 Å². The van der Waals surface area contributed by atoms with Gasteiger partial charge in [-0.15, -0.1) is 0 Å². The first-order valence-electron chi connectivity index (χ1n) is 5.50. The van der Waals surface area contributed by atoms with Gasteiger partial charge in [-0.2, -0.15) is 5.10 Å². The van der Waals surface area contributed by atoms with Gasteiger partial charge in [0.25, 0.3) is 0 Å². The number of hydrogen-bond acceptors (Lipinski definition) is 2. The Bertz CT molecular complexity index is 457. The first-order valence-corrected chi connectivity index (χ1v) is 5.50. The molecule has 2 N–H and O–H groups in total. The molecule has 0 bridgehead atoms. The van der Waals surface area contributed by atoms with E-state index in [0.717, 1.165) is 12.1 Å². The Labute approximate surface area is 95.9 Å². The van der Waals surface area contributed by atoms with Crippen molar-refractivity contribution < 1.29 is 0 Å². The van der Waals surface area contributed by atoms with Crippen molar-refractivity contribution >= 4 is 0 Å². The van der Waals surface area contributed by atoms with Crippen molar-refractivity contribution in [1.82, 2.24) is 9.78 Å². The van der Waals surface area contributed by atoms with Gasteiger partial charge in [0, 0.05) is 18.7 Å². The number of benzene rings is 1. The topological polar surface area (TPSA) is 43.8 Å². The first-order chi connectivity index (χ1) is 7.68. The molecule has 2 aromatic rings. The van der Waals surface area contributed by atoms with E-state index in [-0.39, 0.29) is 6.04 Å². The zero-order valence-corrected chi connectivity index (χ0v) is 9.72. The Balaban J connectivity index is 2.43. The van der Waals surface area contributed by atoms with Crippen LogP contribution in [0.5, 0.6) is 0 Å². The Hall–Kier alpha value is -1.61. The van der Waals surface area contributed by atoms with Crippen LogP contribution in [0.15, 0.2) is 36.5 Å². The van der Waals surface area contributed by atoms with Crippen molar-refractivity contribution in [3.05, 3.63) is 42.1 Å². The van der Waals surface area contributed by atoms with E-state index in [1.165, 1.54) is 11.1 Å². The maximum absolute atomic E-state index is 5.84. The number of nitrogens with zero attached hydrogens (tertiary/aromatic N) is 2. The highest BCUT2D eigenvalue weighted by Crippen LogP contribution is 2.23. The molecule has 0 spiro atoms. The SMILES string of the molecule is CC(N)Cc1cnn(C)c1-c1ccccc1. The summed E-state index contributed by atoms with van der Waals surface area (Å²) >= 11 is 0. The number of aryl methyl sites for hydroxylation is 1. The lowest BCUT2D eigenvalue weighted by Crippen LogP contribution is -2.18. The zero-order valence-electron chi connectivity index (χ0n) is 9.72. The minimum absolute atomic E-state index is 0.159. The largest absolute Gasteiger partial charge is 0.328 e. The standard InChI is InChI=1S/C13H17N3/c1-10(14)8-12-9-15-16(2)13(12)11-6-4-3-5-7-11/h3-7,9-10H,8,14H2,1-2H3. The maximum atomic E-state index is 5.84. The van der Waals surface area contributed by atoms with Gasteiger partial charge in [-0.1, -0.05) is 30.3 Å². The van der Waals surface area contributed by atoms with E-state index < -0.39 is 0 Å². The van der Waals surface area contributed by atoms with Crippen molar-refractivity contribution in [2.75, 3.05) is 0 Å². The minimum atomic E-state index is 0.159. The molecular formula is C13H17N3. The maximum Gasteiger partial charge on any atom is 0.0711 e. The van der Waals surface area contributed by atoms with Crippen LogP contribution >= 0.6 is 0 Å². The Morgan fingerprint density at radius 1 is 1.31 bits per heavy atom. The van der Waals surface area contributed by atoms with Gasteiger partial charge in [0.2, 0.25) is 0 Å². The minimum Gasteiger partial charge on any atom is -0.328 e. The van der Waals surface area contributed by atoms with Crippen LogP contribution in [-0.4, -0.2) is 15.8 Å². The summed E-state index contributed by atoms with van der Waals surface area (Å²) in [7, 11) is 1.97. The second kappa shape index (κ2) is 4.49. The molecule has 2 rings (SSSR count). The molecule has 0 radical (unpaired) electrons. The molecule has 0 saturated carbocycles. The van der Waals surface area contributed by atoms with Crippen LogP contribution in [0.1, 0.15) is 12.5 Å². The molecule has 3 heteroatoms. The van der Waals surface area contributed by atoms with E-state index in [1.54, 1.807) is 0 Å². The third-order valence-corrected chi connectivity index (χ3v) is 2.60.